The Hall–Kier alpha value is -0.760. The molecule has 0 aromatic carbocycles. The summed E-state index contributed by atoms with van der Waals surface area (Å²) in [5, 5.41) is 3.50. The molecule has 1 aliphatic rings. The molecule has 17 heavy (non-hydrogen) atoms. The first-order chi connectivity index (χ1) is 8.11. The lowest BCUT2D eigenvalue weighted by atomic mass is 9.77. The van der Waals surface area contributed by atoms with Crippen molar-refractivity contribution in [3.8, 4) is 0 Å². The van der Waals surface area contributed by atoms with E-state index >= 15 is 0 Å². The lowest BCUT2D eigenvalue weighted by Gasteiger charge is -2.33. The van der Waals surface area contributed by atoms with E-state index in [9.17, 15) is 0 Å². The van der Waals surface area contributed by atoms with Crippen molar-refractivity contribution in [2.75, 3.05) is 7.05 Å². The van der Waals surface area contributed by atoms with Crippen LogP contribution < -0.4 is 5.32 Å². The van der Waals surface area contributed by atoms with Gasteiger partial charge in [0.25, 0.3) is 0 Å². The third-order valence-corrected chi connectivity index (χ3v) is 4.17. The molecule has 0 radical (unpaired) electrons. The highest BCUT2D eigenvalue weighted by Crippen LogP contribution is 2.38. The molecule has 1 N–H and O–H groups in total. The summed E-state index contributed by atoms with van der Waals surface area (Å²) in [6.45, 7) is 6.50. The predicted molar refractivity (Wildman–Crippen MR) is 71.1 cm³/mol. The average Bonchev–Trinajstić information content (AvgIpc) is 2.59. The van der Waals surface area contributed by atoms with E-state index in [-0.39, 0.29) is 0 Å². The van der Waals surface area contributed by atoms with Crippen LogP contribution in [0.1, 0.15) is 55.7 Å². The normalized spacial score (nSPS) is 27.1. The Morgan fingerprint density at radius 2 is 2.12 bits per heavy atom. The van der Waals surface area contributed by atoms with E-state index < -0.39 is 0 Å². The van der Waals surface area contributed by atoms with Crippen molar-refractivity contribution in [3.63, 3.8) is 0 Å². The van der Waals surface area contributed by atoms with Gasteiger partial charge in [-0.15, -0.1) is 0 Å². The van der Waals surface area contributed by atoms with Crippen LogP contribution in [0.5, 0.6) is 0 Å². The fourth-order valence-electron chi connectivity index (χ4n) is 3.39. The maximum absolute atomic E-state index is 5.67. The summed E-state index contributed by atoms with van der Waals surface area (Å²) in [4.78, 5) is 0. The molecule has 2 nitrogen and oxygen atoms in total. The highest BCUT2D eigenvalue weighted by molar-refractivity contribution is 5.25. The fourth-order valence-corrected chi connectivity index (χ4v) is 3.39. The van der Waals surface area contributed by atoms with Gasteiger partial charge in [0, 0.05) is 11.6 Å². The second-order valence-electron chi connectivity index (χ2n) is 5.67. The molecular weight excluding hydrogens is 210 g/mol. The van der Waals surface area contributed by atoms with E-state index in [0.29, 0.717) is 6.04 Å². The molecular formula is C15H25NO. The van der Waals surface area contributed by atoms with E-state index in [0.717, 1.165) is 23.4 Å². The standard InChI is InChI=1S/C15H25NO/c1-10-6-5-7-13(8-10)15(16-4)14-9-11(2)17-12(14)3/h9-10,13,15-16H,5-8H2,1-4H3. The highest BCUT2D eigenvalue weighted by Gasteiger charge is 2.28. The molecule has 1 fully saturated rings. The third kappa shape index (κ3) is 2.74. The van der Waals surface area contributed by atoms with E-state index in [2.05, 4.69) is 32.3 Å². The molecule has 96 valence electrons. The zero-order valence-electron chi connectivity index (χ0n) is 11.5. The Balaban J connectivity index is 2.18. The SMILES string of the molecule is CNC(c1cc(C)oc1C)C1CCCC(C)C1. The molecule has 2 heteroatoms. The van der Waals surface area contributed by atoms with Crippen LogP contribution in [0.15, 0.2) is 10.5 Å². The summed E-state index contributed by atoms with van der Waals surface area (Å²) in [5.41, 5.74) is 1.36. The zero-order chi connectivity index (χ0) is 12.4. The van der Waals surface area contributed by atoms with Gasteiger partial charge in [-0.1, -0.05) is 19.8 Å². The summed E-state index contributed by atoms with van der Waals surface area (Å²) in [6.07, 6.45) is 5.46. The van der Waals surface area contributed by atoms with Gasteiger partial charge in [-0.05, 0) is 51.6 Å². The van der Waals surface area contributed by atoms with Crippen molar-refractivity contribution >= 4 is 0 Å². The number of rotatable bonds is 3. The van der Waals surface area contributed by atoms with E-state index in [1.54, 1.807) is 0 Å². The average molecular weight is 235 g/mol. The Morgan fingerprint density at radius 1 is 1.35 bits per heavy atom. The third-order valence-electron chi connectivity index (χ3n) is 4.17. The molecule has 0 amide bonds. The zero-order valence-corrected chi connectivity index (χ0v) is 11.5. The first kappa shape index (κ1) is 12.7. The van der Waals surface area contributed by atoms with Crippen LogP contribution in [-0.2, 0) is 0 Å². The van der Waals surface area contributed by atoms with Gasteiger partial charge in [0.1, 0.15) is 11.5 Å². The first-order valence-corrected chi connectivity index (χ1v) is 6.86. The summed E-state index contributed by atoms with van der Waals surface area (Å²) >= 11 is 0. The monoisotopic (exact) mass is 235 g/mol. The predicted octanol–water partition coefficient (Wildman–Crippen LogP) is 3.98. The minimum atomic E-state index is 0.468. The molecule has 1 aliphatic carbocycles. The number of hydrogen-bond acceptors (Lipinski definition) is 2. The Morgan fingerprint density at radius 3 is 2.65 bits per heavy atom. The summed E-state index contributed by atoms with van der Waals surface area (Å²) in [7, 11) is 2.08. The molecule has 1 aromatic rings. The first-order valence-electron chi connectivity index (χ1n) is 6.86. The molecule has 3 unspecified atom stereocenters. The van der Waals surface area contributed by atoms with E-state index in [1.807, 2.05) is 6.92 Å². The van der Waals surface area contributed by atoms with Crippen LogP contribution in [-0.4, -0.2) is 7.05 Å². The van der Waals surface area contributed by atoms with E-state index in [1.165, 1.54) is 31.2 Å². The van der Waals surface area contributed by atoms with Crippen LogP contribution in [0, 0.1) is 25.7 Å². The number of hydrogen-bond donors (Lipinski definition) is 1. The lowest BCUT2D eigenvalue weighted by molar-refractivity contribution is 0.228. The molecule has 1 saturated carbocycles. The van der Waals surface area contributed by atoms with Gasteiger partial charge < -0.3 is 9.73 Å². The molecule has 3 atom stereocenters. The number of nitrogens with one attached hydrogen (secondary N) is 1. The molecule has 0 aliphatic heterocycles. The Kier molecular flexibility index (Phi) is 3.93. The van der Waals surface area contributed by atoms with Gasteiger partial charge in [-0.25, -0.2) is 0 Å². The van der Waals surface area contributed by atoms with Crippen LogP contribution in [0.2, 0.25) is 0 Å². The summed E-state index contributed by atoms with van der Waals surface area (Å²) in [6, 6.07) is 2.67. The quantitative estimate of drug-likeness (QED) is 0.857. The second-order valence-corrected chi connectivity index (χ2v) is 5.67. The van der Waals surface area contributed by atoms with Gasteiger partial charge in [0.2, 0.25) is 0 Å². The van der Waals surface area contributed by atoms with Gasteiger partial charge in [-0.2, -0.15) is 0 Å². The van der Waals surface area contributed by atoms with Gasteiger partial charge in [0.05, 0.1) is 0 Å². The minimum Gasteiger partial charge on any atom is -0.466 e. The minimum absolute atomic E-state index is 0.468. The van der Waals surface area contributed by atoms with Crippen molar-refractivity contribution in [2.45, 2.75) is 52.5 Å². The molecule has 0 saturated heterocycles. The van der Waals surface area contributed by atoms with Crippen LogP contribution >= 0.6 is 0 Å². The van der Waals surface area contributed by atoms with E-state index in [4.69, 9.17) is 4.42 Å². The molecule has 0 spiro atoms. The van der Waals surface area contributed by atoms with Crippen molar-refractivity contribution < 1.29 is 4.42 Å². The number of aryl methyl sites for hydroxylation is 2. The summed E-state index contributed by atoms with van der Waals surface area (Å²) < 4.78 is 5.67. The van der Waals surface area contributed by atoms with Crippen LogP contribution in [0.3, 0.4) is 0 Å². The smallest absolute Gasteiger partial charge is 0.105 e. The molecule has 0 bridgehead atoms. The van der Waals surface area contributed by atoms with Crippen LogP contribution in [0.4, 0.5) is 0 Å². The maximum Gasteiger partial charge on any atom is 0.105 e. The molecule has 1 aromatic heterocycles. The fraction of sp³-hybridized carbons (Fsp3) is 0.733. The summed E-state index contributed by atoms with van der Waals surface area (Å²) in [5.74, 6) is 3.75. The van der Waals surface area contributed by atoms with Crippen molar-refractivity contribution in [1.29, 1.82) is 0 Å². The van der Waals surface area contributed by atoms with Crippen molar-refractivity contribution in [3.05, 3.63) is 23.2 Å². The molecule has 2 rings (SSSR count). The van der Waals surface area contributed by atoms with Crippen LogP contribution in [0.25, 0.3) is 0 Å². The highest BCUT2D eigenvalue weighted by atomic mass is 16.3. The van der Waals surface area contributed by atoms with Crippen molar-refractivity contribution in [2.24, 2.45) is 11.8 Å². The largest absolute Gasteiger partial charge is 0.466 e. The topological polar surface area (TPSA) is 25.2 Å². The van der Waals surface area contributed by atoms with Gasteiger partial charge in [0.15, 0.2) is 0 Å². The molecule has 1 heterocycles. The number of furan rings is 1. The maximum atomic E-state index is 5.67. The van der Waals surface area contributed by atoms with Gasteiger partial charge in [-0.3, -0.25) is 0 Å². The Labute approximate surface area is 105 Å². The second kappa shape index (κ2) is 5.26. The van der Waals surface area contributed by atoms with Crippen molar-refractivity contribution in [1.82, 2.24) is 5.32 Å². The Bertz CT molecular complexity index is 369. The lowest BCUT2D eigenvalue weighted by Crippen LogP contribution is -2.29. The van der Waals surface area contributed by atoms with Gasteiger partial charge >= 0.3 is 0 Å².